The molecule has 0 N–H and O–H groups in total. The van der Waals surface area contributed by atoms with Gasteiger partial charge in [0, 0.05) is 26.2 Å². The van der Waals surface area contributed by atoms with Gasteiger partial charge in [-0.2, -0.15) is 9.30 Å². The van der Waals surface area contributed by atoms with Crippen LogP contribution in [0, 0.1) is 5.92 Å². The molecule has 8 nitrogen and oxygen atoms in total. The summed E-state index contributed by atoms with van der Waals surface area (Å²) < 4.78 is 41.3. The number of sulfonamides is 1. The molecule has 0 spiro atoms. The van der Waals surface area contributed by atoms with Gasteiger partial charge in [-0.15, -0.1) is 0 Å². The molecule has 0 saturated carbocycles. The van der Waals surface area contributed by atoms with E-state index in [-0.39, 0.29) is 17.3 Å². The Morgan fingerprint density at radius 3 is 2.74 bits per heavy atom. The molecular weight excluding hydrogens is 474 g/mol. The van der Waals surface area contributed by atoms with Crippen LogP contribution in [0.4, 0.5) is 0 Å². The minimum absolute atomic E-state index is 0.136. The molecule has 182 valence electrons. The van der Waals surface area contributed by atoms with Gasteiger partial charge in [0.25, 0.3) is 5.91 Å². The second kappa shape index (κ2) is 10.8. The second-order valence-corrected chi connectivity index (χ2v) is 11.0. The first kappa shape index (κ1) is 24.6. The zero-order chi connectivity index (χ0) is 24.1. The maximum absolute atomic E-state index is 13.2. The Labute approximate surface area is 203 Å². The number of fused-ring (bicyclic) bond motifs is 1. The van der Waals surface area contributed by atoms with Crippen LogP contribution in [0.5, 0.6) is 5.75 Å². The lowest BCUT2D eigenvalue weighted by molar-refractivity contribution is -0.122. The number of amides is 1. The number of carbonyl (C=O) groups excluding carboxylic acids is 1. The highest BCUT2D eigenvalue weighted by Crippen LogP contribution is 2.26. The number of rotatable bonds is 8. The number of benzene rings is 2. The smallest absolute Gasteiger partial charge is 0.252 e. The van der Waals surface area contributed by atoms with Crippen LogP contribution in [0.1, 0.15) is 19.8 Å². The van der Waals surface area contributed by atoms with Gasteiger partial charge in [0.2, 0.25) is 10.0 Å². The maximum Gasteiger partial charge on any atom is 0.252 e. The molecule has 34 heavy (non-hydrogen) atoms. The Morgan fingerprint density at radius 2 is 2.00 bits per heavy atom. The molecule has 10 heteroatoms. The minimum atomic E-state index is -3.65. The van der Waals surface area contributed by atoms with Gasteiger partial charge < -0.3 is 14.0 Å². The van der Waals surface area contributed by atoms with Gasteiger partial charge in [-0.3, -0.25) is 4.79 Å². The second-order valence-electron chi connectivity index (χ2n) is 8.03. The summed E-state index contributed by atoms with van der Waals surface area (Å²) in [6, 6.07) is 14.1. The summed E-state index contributed by atoms with van der Waals surface area (Å²) in [5.74, 6) is -0.0402. The number of carbonyl (C=O) groups is 1. The van der Waals surface area contributed by atoms with E-state index in [9.17, 15) is 13.2 Å². The van der Waals surface area contributed by atoms with E-state index in [1.54, 1.807) is 37.4 Å². The fourth-order valence-electron chi connectivity index (χ4n) is 4.07. The Hall–Kier alpha value is -2.53. The van der Waals surface area contributed by atoms with Crippen molar-refractivity contribution in [2.24, 2.45) is 10.9 Å². The van der Waals surface area contributed by atoms with Gasteiger partial charge in [0.1, 0.15) is 5.75 Å². The van der Waals surface area contributed by atoms with Crippen LogP contribution in [0.15, 0.2) is 58.4 Å². The van der Waals surface area contributed by atoms with Gasteiger partial charge in [-0.05, 0) is 50.1 Å². The predicted molar refractivity (Wildman–Crippen MR) is 131 cm³/mol. The quantitative estimate of drug-likeness (QED) is 0.440. The predicted octanol–water partition coefficient (Wildman–Crippen LogP) is 3.28. The van der Waals surface area contributed by atoms with Crippen LogP contribution < -0.4 is 9.54 Å². The first-order chi connectivity index (χ1) is 16.4. The molecular formula is C24H29N3O5S2. The standard InChI is InChI=1S/C24H29N3O5S2/c1-3-32-15-14-27-21-12-11-19(31-2)16-22(21)33-24(27)25-23(28)18-8-7-13-26(17-18)34(29,30)20-9-5-4-6-10-20/h4-6,9-12,16,18H,3,7-8,13-15,17H2,1-2H3. The Kier molecular flexibility index (Phi) is 7.82. The average molecular weight is 504 g/mol. The van der Waals surface area contributed by atoms with Crippen molar-refractivity contribution in [3.05, 3.63) is 53.3 Å². The third kappa shape index (κ3) is 5.25. The van der Waals surface area contributed by atoms with Crippen molar-refractivity contribution in [3.8, 4) is 5.75 Å². The molecule has 0 radical (unpaired) electrons. The molecule has 1 aliphatic heterocycles. The number of nitrogens with zero attached hydrogens (tertiary/aromatic N) is 3. The Bertz CT molecular complexity index is 1320. The summed E-state index contributed by atoms with van der Waals surface area (Å²) in [6.07, 6.45) is 1.23. The van der Waals surface area contributed by atoms with Crippen molar-refractivity contribution < 1.29 is 22.7 Å². The zero-order valence-corrected chi connectivity index (χ0v) is 21.0. The number of piperidine rings is 1. The van der Waals surface area contributed by atoms with Crippen molar-refractivity contribution in [2.45, 2.75) is 31.2 Å². The highest BCUT2D eigenvalue weighted by atomic mass is 32.2. The topological polar surface area (TPSA) is 90.2 Å². The molecule has 1 fully saturated rings. The first-order valence-corrected chi connectivity index (χ1v) is 13.6. The highest BCUT2D eigenvalue weighted by Gasteiger charge is 2.33. The summed E-state index contributed by atoms with van der Waals surface area (Å²) in [5.41, 5.74) is 0.953. The molecule has 1 aliphatic rings. The van der Waals surface area contributed by atoms with Crippen molar-refractivity contribution in [3.63, 3.8) is 0 Å². The first-order valence-electron chi connectivity index (χ1n) is 11.3. The van der Waals surface area contributed by atoms with Crippen LogP contribution in [0.2, 0.25) is 0 Å². The molecule has 1 aromatic heterocycles. The van der Waals surface area contributed by atoms with Crippen LogP contribution in [0.3, 0.4) is 0 Å². The number of hydrogen-bond acceptors (Lipinski definition) is 6. The van der Waals surface area contributed by atoms with E-state index in [2.05, 4.69) is 4.99 Å². The largest absolute Gasteiger partial charge is 0.497 e. The van der Waals surface area contributed by atoms with E-state index >= 15 is 0 Å². The average Bonchev–Trinajstić information content (AvgIpc) is 3.20. The molecule has 2 heterocycles. The number of aromatic nitrogens is 1. The van der Waals surface area contributed by atoms with Crippen LogP contribution in [-0.2, 0) is 26.1 Å². The van der Waals surface area contributed by atoms with E-state index in [1.807, 2.05) is 29.7 Å². The van der Waals surface area contributed by atoms with Crippen molar-refractivity contribution in [2.75, 3.05) is 33.4 Å². The monoisotopic (exact) mass is 503 g/mol. The molecule has 1 saturated heterocycles. The van der Waals surface area contributed by atoms with Crippen LogP contribution in [-0.4, -0.2) is 56.6 Å². The third-order valence-electron chi connectivity index (χ3n) is 5.87. The fraction of sp³-hybridized carbons (Fsp3) is 0.417. The van der Waals surface area contributed by atoms with E-state index < -0.39 is 15.9 Å². The normalized spacial score (nSPS) is 17.8. The van der Waals surface area contributed by atoms with E-state index in [0.717, 1.165) is 16.0 Å². The summed E-state index contributed by atoms with van der Waals surface area (Å²) in [4.78, 5) is 18.5. The number of hydrogen-bond donors (Lipinski definition) is 0. The van der Waals surface area contributed by atoms with Gasteiger partial charge in [-0.25, -0.2) is 8.42 Å². The van der Waals surface area contributed by atoms with Crippen LogP contribution >= 0.6 is 11.3 Å². The molecule has 2 aromatic carbocycles. The maximum atomic E-state index is 13.2. The number of ether oxygens (including phenoxy) is 2. The summed E-state index contributed by atoms with van der Waals surface area (Å²) >= 11 is 1.42. The summed E-state index contributed by atoms with van der Waals surface area (Å²) in [6.45, 7) is 4.15. The zero-order valence-electron chi connectivity index (χ0n) is 19.3. The summed E-state index contributed by atoms with van der Waals surface area (Å²) in [5, 5.41) is 0. The van der Waals surface area contributed by atoms with Crippen molar-refractivity contribution in [1.82, 2.24) is 8.87 Å². The minimum Gasteiger partial charge on any atom is -0.497 e. The third-order valence-corrected chi connectivity index (χ3v) is 8.79. The van der Waals surface area contributed by atoms with Crippen molar-refractivity contribution >= 4 is 37.5 Å². The van der Waals surface area contributed by atoms with Gasteiger partial charge in [-0.1, -0.05) is 29.5 Å². The lowest BCUT2D eigenvalue weighted by Gasteiger charge is -2.30. The van der Waals surface area contributed by atoms with Gasteiger partial charge >= 0.3 is 0 Å². The number of thiazole rings is 1. The summed E-state index contributed by atoms with van der Waals surface area (Å²) in [7, 11) is -2.03. The molecule has 1 atom stereocenters. The Balaban J connectivity index is 1.62. The van der Waals surface area contributed by atoms with E-state index in [4.69, 9.17) is 9.47 Å². The van der Waals surface area contributed by atoms with E-state index in [0.29, 0.717) is 43.9 Å². The molecule has 0 aliphatic carbocycles. The lowest BCUT2D eigenvalue weighted by atomic mass is 9.99. The highest BCUT2D eigenvalue weighted by molar-refractivity contribution is 7.89. The van der Waals surface area contributed by atoms with Crippen LogP contribution in [0.25, 0.3) is 10.2 Å². The van der Waals surface area contributed by atoms with Gasteiger partial charge in [0.05, 0.1) is 34.7 Å². The molecule has 4 rings (SSSR count). The lowest BCUT2D eigenvalue weighted by Crippen LogP contribution is -2.42. The molecule has 1 amide bonds. The molecule has 0 bridgehead atoms. The molecule has 1 unspecified atom stereocenters. The fourth-order valence-corrected chi connectivity index (χ4v) is 6.71. The SMILES string of the molecule is CCOCCn1c(=NC(=O)C2CCCN(S(=O)(=O)c3ccccc3)C2)sc2cc(OC)ccc21. The van der Waals surface area contributed by atoms with E-state index in [1.165, 1.54) is 15.6 Å². The van der Waals surface area contributed by atoms with Gasteiger partial charge in [0.15, 0.2) is 4.80 Å². The molecule has 3 aromatic rings. The Morgan fingerprint density at radius 1 is 1.21 bits per heavy atom. The van der Waals surface area contributed by atoms with Crippen molar-refractivity contribution in [1.29, 1.82) is 0 Å². The number of methoxy groups -OCH3 is 1.